The van der Waals surface area contributed by atoms with E-state index in [2.05, 4.69) is 24.0 Å². The van der Waals surface area contributed by atoms with E-state index >= 15 is 0 Å². The van der Waals surface area contributed by atoms with Crippen molar-refractivity contribution in [2.75, 3.05) is 20.1 Å². The highest BCUT2D eigenvalue weighted by molar-refractivity contribution is 6.41. The maximum absolute atomic E-state index is 7.61. The molecule has 0 saturated carbocycles. The van der Waals surface area contributed by atoms with Gasteiger partial charge in [0.25, 0.3) is 0 Å². The zero-order valence-corrected chi connectivity index (χ0v) is 9.25. The minimum atomic E-state index is 0.330. The highest BCUT2D eigenvalue weighted by atomic mass is 15.1. The van der Waals surface area contributed by atoms with E-state index in [1.165, 1.54) is 0 Å². The molecule has 0 aromatic heterocycles. The van der Waals surface area contributed by atoms with E-state index in [1.54, 1.807) is 6.92 Å². The summed E-state index contributed by atoms with van der Waals surface area (Å²) in [5, 5.41) is 11.4. The lowest BCUT2D eigenvalue weighted by atomic mass is 9.82. The van der Waals surface area contributed by atoms with Crippen molar-refractivity contribution in [2.45, 2.75) is 20.3 Å². The molecule has 4 heteroatoms. The molecule has 80 valence electrons. The second-order valence-electron chi connectivity index (χ2n) is 4.27. The van der Waals surface area contributed by atoms with Gasteiger partial charge in [0.05, 0.1) is 11.4 Å². The van der Waals surface area contributed by atoms with Gasteiger partial charge in [-0.3, -0.25) is 0 Å². The molecule has 0 aliphatic carbocycles. The Morgan fingerprint density at radius 3 is 2.71 bits per heavy atom. The second-order valence-corrected chi connectivity index (χ2v) is 4.27. The van der Waals surface area contributed by atoms with Crippen LogP contribution in [0.1, 0.15) is 20.3 Å². The Balaban J connectivity index is 2.78. The minimum Gasteiger partial charge on any atom is -0.323 e. The van der Waals surface area contributed by atoms with E-state index in [0.29, 0.717) is 17.5 Å². The molecule has 0 spiro atoms. The van der Waals surface area contributed by atoms with Crippen molar-refractivity contribution in [3.8, 4) is 0 Å². The molecule has 14 heavy (non-hydrogen) atoms. The van der Waals surface area contributed by atoms with E-state index in [9.17, 15) is 0 Å². The Bertz CT molecular complexity index is 247. The number of likely N-dealkylation sites (tertiary alicyclic amines) is 1. The number of rotatable bonds is 2. The molecule has 1 rings (SSSR count). The lowest BCUT2D eigenvalue weighted by Crippen LogP contribution is -2.43. The molecule has 4 nitrogen and oxygen atoms in total. The molecule has 3 N–H and O–H groups in total. The highest BCUT2D eigenvalue weighted by Crippen LogP contribution is 2.23. The van der Waals surface area contributed by atoms with Crippen LogP contribution in [0, 0.1) is 17.2 Å². The third kappa shape index (κ3) is 2.32. The molecule has 1 heterocycles. The molecule has 2 unspecified atom stereocenters. The van der Waals surface area contributed by atoms with Gasteiger partial charge in [-0.15, -0.1) is 0 Å². The van der Waals surface area contributed by atoms with E-state index in [0.717, 1.165) is 25.2 Å². The number of hydrogen-bond donors (Lipinski definition) is 2. The highest BCUT2D eigenvalue weighted by Gasteiger charge is 2.29. The van der Waals surface area contributed by atoms with Gasteiger partial charge in [-0.1, -0.05) is 6.92 Å². The first-order valence-electron chi connectivity index (χ1n) is 5.08. The Morgan fingerprint density at radius 2 is 2.21 bits per heavy atom. The fourth-order valence-corrected chi connectivity index (χ4v) is 2.06. The van der Waals surface area contributed by atoms with Crippen molar-refractivity contribution < 1.29 is 0 Å². The molecule has 1 aliphatic rings. The van der Waals surface area contributed by atoms with Gasteiger partial charge >= 0.3 is 0 Å². The summed E-state index contributed by atoms with van der Waals surface area (Å²) in [5.41, 5.74) is 1.27. The van der Waals surface area contributed by atoms with Crippen molar-refractivity contribution in [3.05, 3.63) is 0 Å². The minimum absolute atomic E-state index is 0.330. The van der Waals surface area contributed by atoms with Crippen LogP contribution >= 0.6 is 0 Å². The van der Waals surface area contributed by atoms with Crippen molar-refractivity contribution in [1.82, 2.24) is 4.90 Å². The standard InChI is InChI=1S/C10H20N4/c1-7-4-5-14(3)6-9(7)10(13-12)8(2)11/h7,9,11H,4-6,12H2,1-3H3/b11-8?,13-10+. The monoisotopic (exact) mass is 196 g/mol. The van der Waals surface area contributed by atoms with Crippen LogP contribution in [0.25, 0.3) is 0 Å². The Morgan fingerprint density at radius 1 is 1.57 bits per heavy atom. The van der Waals surface area contributed by atoms with Crippen molar-refractivity contribution in [1.29, 1.82) is 5.41 Å². The Kier molecular flexibility index (Phi) is 3.63. The molecule has 1 aliphatic heterocycles. The summed E-state index contributed by atoms with van der Waals surface area (Å²) in [7, 11) is 2.10. The predicted octanol–water partition coefficient (Wildman–Crippen LogP) is 0.929. The molecule has 1 fully saturated rings. The number of nitrogens with zero attached hydrogens (tertiary/aromatic N) is 2. The van der Waals surface area contributed by atoms with Crippen LogP contribution < -0.4 is 5.84 Å². The number of nitrogens with two attached hydrogens (primary N) is 1. The first-order chi connectivity index (χ1) is 6.56. The fraction of sp³-hybridized carbons (Fsp3) is 0.800. The molecule has 0 bridgehead atoms. The predicted molar refractivity (Wildman–Crippen MR) is 59.8 cm³/mol. The number of hydrogen-bond acceptors (Lipinski definition) is 4. The van der Waals surface area contributed by atoms with E-state index in [-0.39, 0.29) is 0 Å². The summed E-state index contributed by atoms with van der Waals surface area (Å²) in [6.07, 6.45) is 1.16. The largest absolute Gasteiger partial charge is 0.323 e. The summed E-state index contributed by atoms with van der Waals surface area (Å²) >= 11 is 0. The van der Waals surface area contributed by atoms with Crippen LogP contribution in [-0.2, 0) is 0 Å². The van der Waals surface area contributed by atoms with Crippen molar-refractivity contribution >= 4 is 11.4 Å². The topological polar surface area (TPSA) is 65.5 Å². The lowest BCUT2D eigenvalue weighted by Gasteiger charge is -2.35. The van der Waals surface area contributed by atoms with Crippen LogP contribution in [0.4, 0.5) is 0 Å². The Hall–Kier alpha value is -0.900. The van der Waals surface area contributed by atoms with Crippen LogP contribution in [-0.4, -0.2) is 36.5 Å². The van der Waals surface area contributed by atoms with Crippen molar-refractivity contribution in [3.63, 3.8) is 0 Å². The summed E-state index contributed by atoms with van der Waals surface area (Å²) in [6.45, 7) is 6.07. The molecule has 0 radical (unpaired) electrons. The van der Waals surface area contributed by atoms with Gasteiger partial charge in [0.2, 0.25) is 0 Å². The van der Waals surface area contributed by atoms with E-state index in [1.807, 2.05) is 0 Å². The quantitative estimate of drug-likeness (QED) is 0.392. The number of piperidine rings is 1. The van der Waals surface area contributed by atoms with Crippen LogP contribution in [0.5, 0.6) is 0 Å². The molecular formula is C10H20N4. The van der Waals surface area contributed by atoms with Gasteiger partial charge in [-0.2, -0.15) is 5.10 Å². The summed E-state index contributed by atoms with van der Waals surface area (Å²) in [4.78, 5) is 2.28. The van der Waals surface area contributed by atoms with Gasteiger partial charge in [-0.25, -0.2) is 0 Å². The first kappa shape index (κ1) is 11.2. The zero-order valence-electron chi connectivity index (χ0n) is 9.25. The number of hydrazone groups is 1. The SMILES string of the molecule is CC(=N)/C(=N\N)C1CN(C)CCC1C. The lowest BCUT2D eigenvalue weighted by molar-refractivity contribution is 0.195. The van der Waals surface area contributed by atoms with Crippen LogP contribution in [0.2, 0.25) is 0 Å². The van der Waals surface area contributed by atoms with Gasteiger partial charge in [0.1, 0.15) is 0 Å². The van der Waals surface area contributed by atoms with Crippen LogP contribution in [0.3, 0.4) is 0 Å². The van der Waals surface area contributed by atoms with Gasteiger partial charge in [0.15, 0.2) is 0 Å². The number of nitrogens with one attached hydrogen (secondary N) is 1. The molecule has 0 aromatic rings. The van der Waals surface area contributed by atoms with Gasteiger partial charge in [0, 0.05) is 12.5 Å². The third-order valence-electron chi connectivity index (χ3n) is 3.04. The molecule has 0 amide bonds. The van der Waals surface area contributed by atoms with E-state index in [4.69, 9.17) is 11.3 Å². The van der Waals surface area contributed by atoms with Gasteiger partial charge in [-0.05, 0) is 32.9 Å². The Labute approximate surface area is 85.7 Å². The summed E-state index contributed by atoms with van der Waals surface area (Å²) in [6, 6.07) is 0. The smallest absolute Gasteiger partial charge is 0.0851 e. The van der Waals surface area contributed by atoms with Crippen LogP contribution in [0.15, 0.2) is 5.10 Å². The maximum Gasteiger partial charge on any atom is 0.0851 e. The summed E-state index contributed by atoms with van der Waals surface area (Å²) in [5.74, 6) is 6.25. The molecule has 1 saturated heterocycles. The van der Waals surface area contributed by atoms with E-state index < -0.39 is 0 Å². The van der Waals surface area contributed by atoms with Gasteiger partial charge < -0.3 is 16.2 Å². The first-order valence-corrected chi connectivity index (χ1v) is 5.08. The zero-order chi connectivity index (χ0) is 10.7. The molecular weight excluding hydrogens is 176 g/mol. The average Bonchev–Trinajstić information content (AvgIpc) is 2.11. The maximum atomic E-state index is 7.61. The normalized spacial score (nSPS) is 30.4. The molecule has 2 atom stereocenters. The van der Waals surface area contributed by atoms with Crippen molar-refractivity contribution in [2.24, 2.45) is 22.8 Å². The molecule has 0 aromatic carbocycles. The average molecular weight is 196 g/mol. The fourth-order valence-electron chi connectivity index (χ4n) is 2.06. The summed E-state index contributed by atoms with van der Waals surface area (Å²) < 4.78 is 0. The third-order valence-corrected chi connectivity index (χ3v) is 3.04. The second kappa shape index (κ2) is 4.55.